The molecule has 2 aromatic carbocycles. The maximum atomic E-state index is 12.9. The number of hydrogen-bond acceptors (Lipinski definition) is 5. The van der Waals surface area contributed by atoms with E-state index in [0.717, 1.165) is 11.1 Å². The van der Waals surface area contributed by atoms with Crippen molar-refractivity contribution in [2.75, 3.05) is 19.8 Å². The van der Waals surface area contributed by atoms with Crippen LogP contribution in [0.3, 0.4) is 0 Å². The van der Waals surface area contributed by atoms with Gasteiger partial charge < -0.3 is 14.4 Å². The van der Waals surface area contributed by atoms with Gasteiger partial charge >= 0.3 is 0 Å². The average molecular weight is 407 g/mol. The zero-order chi connectivity index (χ0) is 21.1. The number of para-hydroxylation sites is 2. The van der Waals surface area contributed by atoms with E-state index in [-0.39, 0.29) is 24.4 Å². The lowest BCUT2D eigenvalue weighted by Gasteiger charge is -2.25. The molecule has 7 heteroatoms. The summed E-state index contributed by atoms with van der Waals surface area (Å²) in [6, 6.07) is 11.3. The minimum atomic E-state index is -0.123. The molecule has 30 heavy (non-hydrogen) atoms. The van der Waals surface area contributed by atoms with E-state index >= 15 is 0 Å². The lowest BCUT2D eigenvalue weighted by Crippen LogP contribution is -2.32. The van der Waals surface area contributed by atoms with Crippen molar-refractivity contribution in [2.45, 2.75) is 33.4 Å². The maximum absolute atomic E-state index is 12.9. The molecule has 0 fully saturated rings. The topological polar surface area (TPSA) is 73.7 Å². The van der Waals surface area contributed by atoms with Crippen LogP contribution in [0.5, 0.6) is 11.5 Å². The monoisotopic (exact) mass is 407 g/mol. The zero-order valence-electron chi connectivity index (χ0n) is 17.3. The van der Waals surface area contributed by atoms with Crippen molar-refractivity contribution >= 4 is 16.8 Å². The number of amides is 1. The Morgan fingerprint density at radius 3 is 2.80 bits per heavy atom. The van der Waals surface area contributed by atoms with Crippen LogP contribution < -0.4 is 15.0 Å². The lowest BCUT2D eigenvalue weighted by atomic mass is 10.1. The molecule has 7 nitrogen and oxygen atoms in total. The number of hydrogen-bond donors (Lipinski definition) is 0. The third-order valence-electron chi connectivity index (χ3n) is 5.37. The van der Waals surface area contributed by atoms with Crippen molar-refractivity contribution in [3.63, 3.8) is 0 Å². The molecule has 4 rings (SSSR count). The Morgan fingerprint density at radius 2 is 1.97 bits per heavy atom. The van der Waals surface area contributed by atoms with Crippen LogP contribution in [0, 0.1) is 6.92 Å². The van der Waals surface area contributed by atoms with Crippen LogP contribution in [0.25, 0.3) is 10.9 Å². The van der Waals surface area contributed by atoms with E-state index in [1.807, 2.05) is 44.2 Å². The van der Waals surface area contributed by atoms with Crippen LogP contribution >= 0.6 is 0 Å². The van der Waals surface area contributed by atoms with Crippen molar-refractivity contribution in [1.82, 2.24) is 14.5 Å². The molecule has 0 aliphatic carbocycles. The summed E-state index contributed by atoms with van der Waals surface area (Å²) in [4.78, 5) is 31.8. The van der Waals surface area contributed by atoms with E-state index in [1.165, 1.54) is 10.9 Å². The molecule has 3 aromatic rings. The molecule has 1 aliphatic heterocycles. The summed E-state index contributed by atoms with van der Waals surface area (Å²) in [5.41, 5.74) is 2.46. The number of carbonyl (C=O) groups is 1. The van der Waals surface area contributed by atoms with Gasteiger partial charge in [-0.2, -0.15) is 0 Å². The van der Waals surface area contributed by atoms with Crippen molar-refractivity contribution < 1.29 is 14.3 Å². The van der Waals surface area contributed by atoms with Crippen molar-refractivity contribution in [2.24, 2.45) is 0 Å². The van der Waals surface area contributed by atoms with Gasteiger partial charge in [-0.3, -0.25) is 14.2 Å². The van der Waals surface area contributed by atoms with Crippen molar-refractivity contribution in [3.05, 3.63) is 64.2 Å². The number of aryl methyl sites for hydroxylation is 2. The first kappa shape index (κ1) is 19.9. The molecule has 1 aromatic heterocycles. The minimum Gasteiger partial charge on any atom is -0.486 e. The quantitative estimate of drug-likeness (QED) is 0.628. The number of carbonyl (C=O) groups excluding carboxylic acids is 1. The summed E-state index contributed by atoms with van der Waals surface area (Å²) in [6.45, 7) is 6.19. The summed E-state index contributed by atoms with van der Waals surface area (Å²) in [7, 11) is 0. The van der Waals surface area contributed by atoms with Gasteiger partial charge in [0.1, 0.15) is 13.2 Å². The van der Waals surface area contributed by atoms with Gasteiger partial charge in [0.05, 0.1) is 17.2 Å². The molecular weight excluding hydrogens is 382 g/mol. The number of fused-ring (bicyclic) bond motifs is 2. The Hall–Kier alpha value is -3.35. The molecule has 0 saturated heterocycles. The SMILES string of the molecule is CCN(Cc1cccc2c1OCCO2)C(=O)CCn1cnc2c(C)cccc2c1=O. The van der Waals surface area contributed by atoms with Gasteiger partial charge in [-0.1, -0.05) is 24.3 Å². The first-order valence-electron chi connectivity index (χ1n) is 10.2. The largest absolute Gasteiger partial charge is 0.486 e. The lowest BCUT2D eigenvalue weighted by molar-refractivity contribution is -0.131. The smallest absolute Gasteiger partial charge is 0.261 e. The van der Waals surface area contributed by atoms with E-state index in [0.29, 0.717) is 48.7 Å². The summed E-state index contributed by atoms with van der Waals surface area (Å²) < 4.78 is 12.9. The molecule has 0 radical (unpaired) electrons. The van der Waals surface area contributed by atoms with Gasteiger partial charge in [-0.05, 0) is 31.5 Å². The van der Waals surface area contributed by atoms with Gasteiger partial charge in [0, 0.05) is 31.6 Å². The Labute approximate surface area is 174 Å². The predicted octanol–water partition coefficient (Wildman–Crippen LogP) is 2.91. The fourth-order valence-electron chi connectivity index (χ4n) is 3.71. The summed E-state index contributed by atoms with van der Waals surface area (Å²) >= 11 is 0. The number of aromatic nitrogens is 2. The van der Waals surface area contributed by atoms with Crippen LogP contribution in [-0.2, 0) is 17.9 Å². The van der Waals surface area contributed by atoms with Gasteiger partial charge in [-0.25, -0.2) is 4.98 Å². The van der Waals surface area contributed by atoms with Gasteiger partial charge in [0.25, 0.3) is 5.56 Å². The van der Waals surface area contributed by atoms with Crippen LogP contribution in [0.1, 0.15) is 24.5 Å². The first-order valence-corrected chi connectivity index (χ1v) is 10.2. The third kappa shape index (κ3) is 3.87. The van der Waals surface area contributed by atoms with E-state index < -0.39 is 0 Å². The predicted molar refractivity (Wildman–Crippen MR) is 114 cm³/mol. The molecule has 0 atom stereocenters. The fraction of sp³-hybridized carbons (Fsp3) is 0.348. The molecule has 0 unspecified atom stereocenters. The van der Waals surface area contributed by atoms with E-state index in [9.17, 15) is 9.59 Å². The highest BCUT2D eigenvalue weighted by atomic mass is 16.6. The summed E-state index contributed by atoms with van der Waals surface area (Å²) in [5.74, 6) is 1.40. The molecule has 0 saturated carbocycles. The number of benzene rings is 2. The van der Waals surface area contributed by atoms with Crippen LogP contribution in [-0.4, -0.2) is 40.1 Å². The van der Waals surface area contributed by atoms with Gasteiger partial charge in [0.2, 0.25) is 5.91 Å². The molecule has 0 spiro atoms. The van der Waals surface area contributed by atoms with E-state index in [4.69, 9.17) is 9.47 Å². The van der Waals surface area contributed by atoms with Crippen LogP contribution in [0.2, 0.25) is 0 Å². The zero-order valence-corrected chi connectivity index (χ0v) is 17.3. The molecule has 2 heterocycles. The number of rotatable bonds is 6. The second-order valence-electron chi connectivity index (χ2n) is 7.31. The Balaban J connectivity index is 1.48. The molecule has 156 valence electrons. The highest BCUT2D eigenvalue weighted by Crippen LogP contribution is 2.34. The van der Waals surface area contributed by atoms with Crippen LogP contribution in [0.4, 0.5) is 0 Å². The van der Waals surface area contributed by atoms with Crippen LogP contribution in [0.15, 0.2) is 47.5 Å². The average Bonchev–Trinajstić information content (AvgIpc) is 2.77. The highest BCUT2D eigenvalue weighted by molar-refractivity contribution is 5.80. The van der Waals surface area contributed by atoms with Gasteiger partial charge in [0.15, 0.2) is 11.5 Å². The summed E-state index contributed by atoms with van der Waals surface area (Å²) in [6.07, 6.45) is 1.75. The molecule has 1 amide bonds. The molecular formula is C23H25N3O4. The van der Waals surface area contributed by atoms with Crippen molar-refractivity contribution in [3.8, 4) is 11.5 Å². The normalized spacial score (nSPS) is 12.7. The number of ether oxygens (including phenoxy) is 2. The Morgan fingerprint density at radius 1 is 1.17 bits per heavy atom. The second kappa shape index (κ2) is 8.57. The molecule has 1 aliphatic rings. The minimum absolute atomic E-state index is 0.0249. The third-order valence-corrected chi connectivity index (χ3v) is 5.37. The van der Waals surface area contributed by atoms with E-state index in [1.54, 1.807) is 11.0 Å². The molecule has 0 N–H and O–H groups in total. The molecule has 0 bridgehead atoms. The first-order chi connectivity index (χ1) is 14.6. The van der Waals surface area contributed by atoms with Gasteiger partial charge in [-0.15, -0.1) is 0 Å². The highest BCUT2D eigenvalue weighted by Gasteiger charge is 2.20. The fourth-order valence-corrected chi connectivity index (χ4v) is 3.71. The maximum Gasteiger partial charge on any atom is 0.261 e. The van der Waals surface area contributed by atoms with E-state index in [2.05, 4.69) is 4.98 Å². The number of nitrogens with zero attached hydrogens (tertiary/aromatic N) is 3. The Bertz CT molecular complexity index is 1140. The van der Waals surface area contributed by atoms with Crippen molar-refractivity contribution in [1.29, 1.82) is 0 Å². The second-order valence-corrected chi connectivity index (χ2v) is 7.31. The summed E-state index contributed by atoms with van der Waals surface area (Å²) in [5, 5.41) is 0.574. The standard InChI is InChI=1S/C23H25N3O4/c1-3-25(14-17-7-5-9-19-22(17)30-13-12-29-19)20(27)10-11-26-15-24-21-16(2)6-4-8-18(21)23(26)28/h4-9,15H,3,10-14H2,1-2H3. The Kier molecular flexibility index (Phi) is 5.70.